The van der Waals surface area contributed by atoms with E-state index in [-0.39, 0.29) is 0 Å². The average molecular weight is 232 g/mol. The van der Waals surface area contributed by atoms with E-state index in [0.29, 0.717) is 6.04 Å². The van der Waals surface area contributed by atoms with Crippen molar-refractivity contribution < 1.29 is 0 Å². The minimum Gasteiger partial charge on any atom is -0.371 e. The summed E-state index contributed by atoms with van der Waals surface area (Å²) in [5.74, 6) is 0. The molecule has 2 N–H and O–H groups in total. The lowest BCUT2D eigenvalue weighted by molar-refractivity contribution is 0.578. The van der Waals surface area contributed by atoms with Gasteiger partial charge in [0.2, 0.25) is 0 Å². The number of nitrogens with two attached hydrogens (primary N) is 1. The summed E-state index contributed by atoms with van der Waals surface area (Å²) in [5.41, 5.74) is 8.97. The van der Waals surface area contributed by atoms with Gasteiger partial charge in [0, 0.05) is 24.8 Å². The first-order valence-corrected chi connectivity index (χ1v) is 6.89. The van der Waals surface area contributed by atoms with Gasteiger partial charge in [-0.1, -0.05) is 25.1 Å². The first-order chi connectivity index (χ1) is 8.31. The molecule has 1 aliphatic heterocycles. The third-order valence-corrected chi connectivity index (χ3v) is 3.75. The Bertz CT molecular complexity index is 349. The first-order valence-electron chi connectivity index (χ1n) is 6.89. The number of fused-ring (bicyclic) bond motifs is 1. The van der Waals surface area contributed by atoms with Gasteiger partial charge in [-0.2, -0.15) is 0 Å². The van der Waals surface area contributed by atoms with E-state index in [1.54, 1.807) is 0 Å². The standard InChI is InChI=1S/C15H24N2/c1-2-14(16)10-12-17-11-6-5-8-13-7-3-4-9-15(13)17/h3-4,7,9,14H,2,5-6,8,10-12,16H2,1H3. The Morgan fingerprint density at radius 1 is 1.29 bits per heavy atom. The Hall–Kier alpha value is -1.02. The highest BCUT2D eigenvalue weighted by atomic mass is 15.1. The van der Waals surface area contributed by atoms with Crippen molar-refractivity contribution in [2.45, 2.75) is 45.1 Å². The highest BCUT2D eigenvalue weighted by molar-refractivity contribution is 5.54. The van der Waals surface area contributed by atoms with Crippen molar-refractivity contribution >= 4 is 5.69 Å². The number of aryl methyl sites for hydroxylation is 1. The van der Waals surface area contributed by atoms with Crippen molar-refractivity contribution in [2.24, 2.45) is 5.73 Å². The molecule has 1 aromatic carbocycles. The first kappa shape index (κ1) is 12.4. The summed E-state index contributed by atoms with van der Waals surface area (Å²) in [6.45, 7) is 4.46. The smallest absolute Gasteiger partial charge is 0.0398 e. The van der Waals surface area contributed by atoms with Gasteiger partial charge in [-0.25, -0.2) is 0 Å². The van der Waals surface area contributed by atoms with Crippen LogP contribution in [0.1, 0.15) is 38.2 Å². The molecule has 17 heavy (non-hydrogen) atoms. The molecule has 0 spiro atoms. The summed E-state index contributed by atoms with van der Waals surface area (Å²) in [7, 11) is 0. The molecule has 0 saturated carbocycles. The normalized spacial score (nSPS) is 17.4. The van der Waals surface area contributed by atoms with Gasteiger partial charge in [0.1, 0.15) is 0 Å². The second kappa shape index (κ2) is 6.06. The number of rotatable bonds is 4. The molecule has 0 fully saturated rings. The van der Waals surface area contributed by atoms with Crippen LogP contribution in [-0.2, 0) is 6.42 Å². The van der Waals surface area contributed by atoms with E-state index in [1.807, 2.05) is 0 Å². The van der Waals surface area contributed by atoms with Gasteiger partial charge in [0.05, 0.1) is 0 Å². The predicted molar refractivity (Wildman–Crippen MR) is 74.5 cm³/mol. The van der Waals surface area contributed by atoms with E-state index >= 15 is 0 Å². The molecule has 1 heterocycles. The molecule has 1 atom stereocenters. The summed E-state index contributed by atoms with van der Waals surface area (Å²) in [6, 6.07) is 9.19. The molecule has 0 bridgehead atoms. The fraction of sp³-hybridized carbons (Fsp3) is 0.600. The Labute approximate surface area is 105 Å². The fourth-order valence-corrected chi connectivity index (χ4v) is 2.53. The molecule has 94 valence electrons. The van der Waals surface area contributed by atoms with E-state index < -0.39 is 0 Å². The maximum atomic E-state index is 6.02. The molecule has 2 rings (SSSR count). The van der Waals surface area contributed by atoms with Gasteiger partial charge in [-0.15, -0.1) is 0 Å². The van der Waals surface area contributed by atoms with Crippen molar-refractivity contribution in [1.82, 2.24) is 0 Å². The van der Waals surface area contributed by atoms with Crippen LogP contribution >= 0.6 is 0 Å². The number of hydrogen-bond donors (Lipinski definition) is 1. The topological polar surface area (TPSA) is 29.3 Å². The quantitative estimate of drug-likeness (QED) is 0.865. The number of para-hydroxylation sites is 1. The third kappa shape index (κ3) is 3.22. The molecular weight excluding hydrogens is 208 g/mol. The summed E-state index contributed by atoms with van der Waals surface area (Å²) >= 11 is 0. The summed E-state index contributed by atoms with van der Waals surface area (Å²) in [5, 5.41) is 0. The van der Waals surface area contributed by atoms with E-state index in [2.05, 4.69) is 36.1 Å². The molecule has 1 unspecified atom stereocenters. The van der Waals surface area contributed by atoms with Crippen LogP contribution in [0.4, 0.5) is 5.69 Å². The molecule has 2 nitrogen and oxygen atoms in total. The van der Waals surface area contributed by atoms with Gasteiger partial charge in [-0.3, -0.25) is 0 Å². The van der Waals surface area contributed by atoms with Crippen LogP contribution < -0.4 is 10.6 Å². The van der Waals surface area contributed by atoms with E-state index in [1.165, 1.54) is 37.1 Å². The molecule has 0 aliphatic carbocycles. The summed E-state index contributed by atoms with van der Waals surface area (Å²) in [4.78, 5) is 2.53. The Morgan fingerprint density at radius 2 is 2.12 bits per heavy atom. The molecule has 0 amide bonds. The van der Waals surface area contributed by atoms with E-state index in [0.717, 1.165) is 19.4 Å². The zero-order chi connectivity index (χ0) is 12.1. The molecular formula is C15H24N2. The van der Waals surface area contributed by atoms with Crippen LogP contribution in [-0.4, -0.2) is 19.1 Å². The highest BCUT2D eigenvalue weighted by Crippen LogP contribution is 2.26. The van der Waals surface area contributed by atoms with Crippen molar-refractivity contribution in [3.05, 3.63) is 29.8 Å². The van der Waals surface area contributed by atoms with Crippen LogP contribution in [0.2, 0.25) is 0 Å². The minimum atomic E-state index is 0.352. The second-order valence-corrected chi connectivity index (χ2v) is 5.03. The van der Waals surface area contributed by atoms with Crippen molar-refractivity contribution in [1.29, 1.82) is 0 Å². The van der Waals surface area contributed by atoms with Crippen LogP contribution in [0.25, 0.3) is 0 Å². The highest BCUT2D eigenvalue weighted by Gasteiger charge is 2.14. The Balaban J connectivity index is 2.06. The van der Waals surface area contributed by atoms with Crippen molar-refractivity contribution in [3.63, 3.8) is 0 Å². The number of benzene rings is 1. The molecule has 0 aromatic heterocycles. The van der Waals surface area contributed by atoms with Gasteiger partial charge in [0.25, 0.3) is 0 Å². The lowest BCUT2D eigenvalue weighted by Gasteiger charge is -2.26. The SMILES string of the molecule is CCC(N)CCN1CCCCc2ccccc21. The maximum absolute atomic E-state index is 6.02. The average Bonchev–Trinajstić information content (AvgIpc) is 2.58. The molecule has 0 radical (unpaired) electrons. The monoisotopic (exact) mass is 232 g/mol. The fourth-order valence-electron chi connectivity index (χ4n) is 2.53. The predicted octanol–water partition coefficient (Wildman–Crippen LogP) is 2.96. The molecule has 1 aliphatic rings. The van der Waals surface area contributed by atoms with Gasteiger partial charge in [-0.05, 0) is 43.7 Å². The zero-order valence-corrected chi connectivity index (χ0v) is 10.9. The van der Waals surface area contributed by atoms with Crippen LogP contribution in [0, 0.1) is 0 Å². The lowest BCUT2D eigenvalue weighted by atomic mass is 10.1. The van der Waals surface area contributed by atoms with Gasteiger partial charge >= 0.3 is 0 Å². The van der Waals surface area contributed by atoms with Crippen molar-refractivity contribution in [2.75, 3.05) is 18.0 Å². The number of anilines is 1. The molecule has 0 saturated heterocycles. The summed E-state index contributed by atoms with van der Waals surface area (Å²) < 4.78 is 0. The number of nitrogens with zero attached hydrogens (tertiary/aromatic N) is 1. The zero-order valence-electron chi connectivity index (χ0n) is 10.9. The van der Waals surface area contributed by atoms with Crippen LogP contribution in [0.15, 0.2) is 24.3 Å². The minimum absolute atomic E-state index is 0.352. The Morgan fingerprint density at radius 3 is 2.94 bits per heavy atom. The van der Waals surface area contributed by atoms with Gasteiger partial charge < -0.3 is 10.6 Å². The third-order valence-electron chi connectivity index (χ3n) is 3.75. The van der Waals surface area contributed by atoms with Crippen LogP contribution in [0.5, 0.6) is 0 Å². The van der Waals surface area contributed by atoms with Crippen LogP contribution in [0.3, 0.4) is 0 Å². The summed E-state index contributed by atoms with van der Waals surface area (Å²) in [6.07, 6.45) is 6.02. The van der Waals surface area contributed by atoms with Crippen molar-refractivity contribution in [3.8, 4) is 0 Å². The Kier molecular flexibility index (Phi) is 4.43. The number of hydrogen-bond acceptors (Lipinski definition) is 2. The maximum Gasteiger partial charge on any atom is 0.0398 e. The van der Waals surface area contributed by atoms with E-state index in [9.17, 15) is 0 Å². The second-order valence-electron chi connectivity index (χ2n) is 5.03. The van der Waals surface area contributed by atoms with E-state index in [4.69, 9.17) is 5.73 Å². The lowest BCUT2D eigenvalue weighted by Crippen LogP contribution is -2.30. The van der Waals surface area contributed by atoms with Gasteiger partial charge in [0.15, 0.2) is 0 Å². The molecule has 2 heteroatoms. The molecule has 1 aromatic rings. The largest absolute Gasteiger partial charge is 0.371 e.